The van der Waals surface area contributed by atoms with Crippen LogP contribution in [0.5, 0.6) is 5.75 Å². The molecule has 0 spiro atoms. The van der Waals surface area contributed by atoms with Gasteiger partial charge in [-0.25, -0.2) is 12.8 Å². The van der Waals surface area contributed by atoms with Crippen LogP contribution in [0.1, 0.15) is 31.4 Å². The Morgan fingerprint density at radius 3 is 2.38 bits per heavy atom. The molecule has 0 bridgehead atoms. The number of aryl methyl sites for hydroxylation is 1. The lowest BCUT2D eigenvalue weighted by atomic mass is 10.1. The maximum Gasteiger partial charge on any atom is 0.264 e. The fourth-order valence-corrected chi connectivity index (χ4v) is 5.58. The number of anilines is 1. The maximum absolute atomic E-state index is 14.6. The minimum atomic E-state index is -4.32. The minimum Gasteiger partial charge on any atom is -0.495 e. The number of hydrogen-bond acceptors (Lipinski definition) is 5. The van der Waals surface area contributed by atoms with Crippen molar-refractivity contribution in [3.8, 4) is 5.75 Å². The van der Waals surface area contributed by atoms with E-state index < -0.39 is 40.2 Å². The van der Waals surface area contributed by atoms with Crippen molar-refractivity contribution >= 4 is 39.1 Å². The van der Waals surface area contributed by atoms with E-state index in [1.165, 1.54) is 62.6 Å². The van der Waals surface area contributed by atoms with Gasteiger partial charge in [0.2, 0.25) is 11.8 Å². The summed E-state index contributed by atoms with van der Waals surface area (Å²) in [6.45, 7) is 4.66. The Kier molecular flexibility index (Phi) is 10.5. The summed E-state index contributed by atoms with van der Waals surface area (Å²) in [5.74, 6) is -1.55. The SMILES string of the molecule is CCCNC(=O)[C@@H](C)N(Cc1ccccc1F)C(=O)CN(c1cc(Cl)ccc1OC)S(=O)(=O)c1ccc(C)cc1. The van der Waals surface area contributed by atoms with Gasteiger partial charge in [-0.3, -0.25) is 13.9 Å². The van der Waals surface area contributed by atoms with Crippen LogP contribution in [0.3, 0.4) is 0 Å². The quantitative estimate of drug-likeness (QED) is 0.323. The number of carbonyl (C=O) groups excluding carboxylic acids is 2. The number of halogens is 2. The van der Waals surface area contributed by atoms with Gasteiger partial charge in [-0.1, -0.05) is 54.4 Å². The van der Waals surface area contributed by atoms with Gasteiger partial charge in [-0.05, 0) is 56.7 Å². The van der Waals surface area contributed by atoms with Crippen LogP contribution in [0.25, 0.3) is 0 Å². The van der Waals surface area contributed by atoms with E-state index in [4.69, 9.17) is 16.3 Å². The third-order valence-electron chi connectivity index (χ3n) is 6.31. The Labute approximate surface area is 239 Å². The van der Waals surface area contributed by atoms with Crippen molar-refractivity contribution in [2.24, 2.45) is 0 Å². The van der Waals surface area contributed by atoms with Gasteiger partial charge < -0.3 is 15.0 Å². The number of nitrogens with zero attached hydrogens (tertiary/aromatic N) is 2. The molecule has 1 N–H and O–H groups in total. The van der Waals surface area contributed by atoms with Gasteiger partial charge in [-0.15, -0.1) is 0 Å². The number of hydrogen-bond donors (Lipinski definition) is 1. The molecule has 0 fully saturated rings. The zero-order valence-corrected chi connectivity index (χ0v) is 24.4. The van der Waals surface area contributed by atoms with Crippen LogP contribution >= 0.6 is 11.6 Å². The molecular weight excluding hydrogens is 557 g/mol. The highest BCUT2D eigenvalue weighted by atomic mass is 35.5. The van der Waals surface area contributed by atoms with Gasteiger partial charge >= 0.3 is 0 Å². The summed E-state index contributed by atoms with van der Waals surface area (Å²) < 4.78 is 48.8. The van der Waals surface area contributed by atoms with Crippen molar-refractivity contribution in [3.05, 3.63) is 88.7 Å². The fraction of sp³-hybridized carbons (Fsp3) is 0.310. The first-order valence-corrected chi connectivity index (χ1v) is 14.5. The molecule has 0 saturated heterocycles. The number of amides is 2. The van der Waals surface area contributed by atoms with Crippen molar-refractivity contribution in [1.29, 1.82) is 0 Å². The molecule has 0 aromatic heterocycles. The van der Waals surface area contributed by atoms with E-state index in [0.717, 1.165) is 14.8 Å². The van der Waals surface area contributed by atoms with E-state index in [9.17, 15) is 22.4 Å². The number of nitrogens with one attached hydrogen (secondary N) is 1. The van der Waals surface area contributed by atoms with Crippen LogP contribution in [0.2, 0.25) is 5.02 Å². The highest BCUT2D eigenvalue weighted by molar-refractivity contribution is 7.92. The van der Waals surface area contributed by atoms with E-state index in [2.05, 4.69) is 5.32 Å². The largest absolute Gasteiger partial charge is 0.495 e. The first kappa shape index (κ1) is 30.9. The average molecular weight is 590 g/mol. The number of ether oxygens (including phenoxy) is 1. The minimum absolute atomic E-state index is 0.0397. The second kappa shape index (κ2) is 13.6. The highest BCUT2D eigenvalue weighted by Gasteiger charge is 2.34. The third kappa shape index (κ3) is 7.31. The molecule has 0 aliphatic rings. The number of sulfonamides is 1. The molecule has 11 heteroatoms. The smallest absolute Gasteiger partial charge is 0.264 e. The van der Waals surface area contributed by atoms with Crippen LogP contribution in [-0.2, 0) is 26.2 Å². The topological polar surface area (TPSA) is 96.0 Å². The van der Waals surface area contributed by atoms with Crippen LogP contribution in [0.4, 0.5) is 10.1 Å². The number of benzene rings is 3. The molecule has 2 amide bonds. The molecule has 0 aliphatic heterocycles. The molecule has 3 aromatic carbocycles. The van der Waals surface area contributed by atoms with E-state index in [1.54, 1.807) is 18.2 Å². The van der Waals surface area contributed by atoms with Crippen LogP contribution in [-0.4, -0.2) is 51.4 Å². The summed E-state index contributed by atoms with van der Waals surface area (Å²) in [6.07, 6.45) is 0.677. The van der Waals surface area contributed by atoms with Crippen molar-refractivity contribution in [3.63, 3.8) is 0 Å². The molecule has 214 valence electrons. The molecule has 3 aromatic rings. The van der Waals surface area contributed by atoms with Crippen LogP contribution < -0.4 is 14.4 Å². The first-order chi connectivity index (χ1) is 19.0. The van der Waals surface area contributed by atoms with Gasteiger partial charge in [0.1, 0.15) is 24.2 Å². The zero-order chi connectivity index (χ0) is 29.4. The Morgan fingerprint density at radius 1 is 1.07 bits per heavy atom. The van der Waals surface area contributed by atoms with Crippen molar-refractivity contribution in [1.82, 2.24) is 10.2 Å². The molecule has 0 heterocycles. The second-order valence-electron chi connectivity index (χ2n) is 9.22. The van der Waals surface area contributed by atoms with Crippen LogP contribution in [0.15, 0.2) is 71.6 Å². The zero-order valence-electron chi connectivity index (χ0n) is 22.9. The third-order valence-corrected chi connectivity index (χ3v) is 8.32. The highest BCUT2D eigenvalue weighted by Crippen LogP contribution is 2.35. The summed E-state index contributed by atoms with van der Waals surface area (Å²) in [5, 5.41) is 2.97. The molecule has 0 aliphatic carbocycles. The lowest BCUT2D eigenvalue weighted by molar-refractivity contribution is -0.139. The predicted molar refractivity (Wildman–Crippen MR) is 153 cm³/mol. The van der Waals surface area contributed by atoms with E-state index in [-0.39, 0.29) is 33.5 Å². The molecule has 3 rings (SSSR count). The lowest BCUT2D eigenvalue weighted by Gasteiger charge is -2.32. The van der Waals surface area contributed by atoms with E-state index >= 15 is 0 Å². The summed E-state index contributed by atoms with van der Waals surface area (Å²) in [4.78, 5) is 27.9. The molecular formula is C29H33ClFN3O5S. The Morgan fingerprint density at radius 2 is 1.75 bits per heavy atom. The summed E-state index contributed by atoms with van der Waals surface area (Å²) >= 11 is 6.23. The van der Waals surface area contributed by atoms with Gasteiger partial charge in [0.05, 0.1) is 17.7 Å². The number of carbonyl (C=O) groups is 2. The Hall–Kier alpha value is -3.63. The molecule has 8 nitrogen and oxygen atoms in total. The molecule has 1 atom stereocenters. The molecule has 0 radical (unpaired) electrons. The maximum atomic E-state index is 14.6. The Bertz CT molecular complexity index is 1450. The fourth-order valence-electron chi connectivity index (χ4n) is 4.00. The standard InChI is InChI=1S/C29H33ClFN3O5S/c1-5-16-32-29(36)21(3)33(18-22-8-6-7-9-25(22)31)28(35)19-34(26-17-23(30)12-15-27(26)39-4)40(37,38)24-13-10-20(2)11-14-24/h6-15,17,21H,5,16,18-19H2,1-4H3,(H,32,36)/t21-/m1/s1. The van der Waals surface area contributed by atoms with Gasteiger partial charge in [-0.2, -0.15) is 0 Å². The molecule has 0 saturated carbocycles. The van der Waals surface area contributed by atoms with Crippen molar-refractivity contribution < 1.29 is 27.1 Å². The number of rotatable bonds is 12. The second-order valence-corrected chi connectivity index (χ2v) is 11.5. The summed E-state index contributed by atoms with van der Waals surface area (Å²) in [7, 11) is -2.95. The Balaban J connectivity index is 2.10. The first-order valence-electron chi connectivity index (χ1n) is 12.7. The monoisotopic (exact) mass is 589 g/mol. The normalized spacial score (nSPS) is 11.9. The van der Waals surface area contributed by atoms with Gasteiger partial charge in [0.25, 0.3) is 10.0 Å². The number of methoxy groups -OCH3 is 1. The van der Waals surface area contributed by atoms with Gasteiger partial charge in [0, 0.05) is 23.7 Å². The molecule has 40 heavy (non-hydrogen) atoms. The van der Waals surface area contributed by atoms with Crippen molar-refractivity contribution in [2.75, 3.05) is 24.5 Å². The van der Waals surface area contributed by atoms with E-state index in [0.29, 0.717) is 13.0 Å². The lowest BCUT2D eigenvalue weighted by Crippen LogP contribution is -2.51. The van der Waals surface area contributed by atoms with Crippen LogP contribution in [0, 0.1) is 12.7 Å². The van der Waals surface area contributed by atoms with Gasteiger partial charge in [0.15, 0.2) is 0 Å². The van der Waals surface area contributed by atoms with E-state index in [1.807, 2.05) is 13.8 Å². The summed E-state index contributed by atoms with van der Waals surface area (Å²) in [6, 6.07) is 15.5. The average Bonchev–Trinajstić information content (AvgIpc) is 2.93. The predicted octanol–water partition coefficient (Wildman–Crippen LogP) is 4.93. The summed E-state index contributed by atoms with van der Waals surface area (Å²) in [5.41, 5.74) is 1.07. The molecule has 0 unspecified atom stereocenters. The van der Waals surface area contributed by atoms with Crippen molar-refractivity contribution in [2.45, 2.75) is 44.7 Å².